The summed E-state index contributed by atoms with van der Waals surface area (Å²) in [5.41, 5.74) is 1.62. The third-order valence-electron chi connectivity index (χ3n) is 9.31. The van der Waals surface area contributed by atoms with Gasteiger partial charge in [-0.25, -0.2) is 4.79 Å². The molecule has 6 N–H and O–H groups in total. The van der Waals surface area contributed by atoms with Gasteiger partial charge in [0.05, 0.1) is 19.3 Å². The second kappa shape index (κ2) is 24.0. The molecule has 0 saturated carbocycles. The minimum atomic E-state index is -1.19. The number of hydrogen-bond acceptors (Lipinski definition) is 8. The summed E-state index contributed by atoms with van der Waals surface area (Å²) in [6.07, 6.45) is -0.387. The molecule has 0 aliphatic carbocycles. The van der Waals surface area contributed by atoms with E-state index in [1.807, 2.05) is 88.4 Å². The Morgan fingerprint density at radius 2 is 1.09 bits per heavy atom. The molecule has 13 heteroatoms. The molecule has 2 aromatic carbocycles. The topological polar surface area (TPSA) is 192 Å². The van der Waals surface area contributed by atoms with Crippen molar-refractivity contribution in [3.05, 3.63) is 71.8 Å². The first-order valence-electron chi connectivity index (χ1n) is 19.7. The fourth-order valence-electron chi connectivity index (χ4n) is 6.22. The fourth-order valence-corrected chi connectivity index (χ4v) is 6.22. The SMILES string of the molecule is COC(=O)C(NC(=O)[C@H](Cc1ccccc1)NC(=O)CC[C@H](O)[C@H](Cc1ccccc1)NC(=O)C(NC(=O)[C@H](CC(C)C)NC(=O)CC(C)C)C(C)C)C(C)C. The third kappa shape index (κ3) is 16.9. The summed E-state index contributed by atoms with van der Waals surface area (Å²) in [5.74, 6) is -3.30. The summed E-state index contributed by atoms with van der Waals surface area (Å²) in [6.45, 7) is 14.9. The number of nitrogens with one attached hydrogen (secondary N) is 5. The van der Waals surface area contributed by atoms with Crippen LogP contribution in [0.15, 0.2) is 60.7 Å². The van der Waals surface area contributed by atoms with Crippen molar-refractivity contribution in [1.82, 2.24) is 26.6 Å². The number of rotatable bonds is 23. The zero-order valence-electron chi connectivity index (χ0n) is 34.6. The van der Waals surface area contributed by atoms with Gasteiger partial charge in [-0.05, 0) is 54.1 Å². The molecule has 2 rings (SSSR count). The lowest BCUT2D eigenvalue weighted by Gasteiger charge is -2.30. The Kier molecular flexibility index (Phi) is 20.3. The van der Waals surface area contributed by atoms with Crippen LogP contribution in [0.4, 0.5) is 0 Å². The van der Waals surface area contributed by atoms with Crippen LogP contribution in [0.2, 0.25) is 0 Å². The van der Waals surface area contributed by atoms with E-state index in [2.05, 4.69) is 26.6 Å². The van der Waals surface area contributed by atoms with Gasteiger partial charge in [0.25, 0.3) is 0 Å². The molecule has 2 unspecified atom stereocenters. The van der Waals surface area contributed by atoms with E-state index in [1.165, 1.54) is 7.11 Å². The zero-order chi connectivity index (χ0) is 41.9. The van der Waals surface area contributed by atoms with Crippen molar-refractivity contribution >= 4 is 35.5 Å². The second-order valence-electron chi connectivity index (χ2n) is 16.1. The fraction of sp³-hybridized carbons (Fsp3) is 0.581. The first kappa shape index (κ1) is 47.4. The summed E-state index contributed by atoms with van der Waals surface area (Å²) >= 11 is 0. The number of aliphatic hydroxyl groups is 1. The predicted octanol–water partition coefficient (Wildman–Crippen LogP) is 3.61. The molecule has 0 aliphatic heterocycles. The minimum absolute atomic E-state index is 0.0584. The zero-order valence-corrected chi connectivity index (χ0v) is 34.6. The lowest BCUT2D eigenvalue weighted by Crippen LogP contribution is -2.58. The Balaban J connectivity index is 2.25. The normalized spacial score (nSPS) is 14.6. The van der Waals surface area contributed by atoms with E-state index in [1.54, 1.807) is 27.7 Å². The maximum absolute atomic E-state index is 13.9. The molecule has 2 aromatic rings. The van der Waals surface area contributed by atoms with Crippen LogP contribution in [-0.4, -0.2) is 84.0 Å². The van der Waals surface area contributed by atoms with E-state index in [0.29, 0.717) is 6.42 Å². The number of benzene rings is 2. The Labute approximate surface area is 332 Å². The molecule has 310 valence electrons. The summed E-state index contributed by atoms with van der Waals surface area (Å²) < 4.78 is 4.87. The maximum atomic E-state index is 13.9. The number of hydrogen-bond donors (Lipinski definition) is 6. The highest BCUT2D eigenvalue weighted by Crippen LogP contribution is 2.15. The molecule has 13 nitrogen and oxygen atoms in total. The van der Waals surface area contributed by atoms with Crippen molar-refractivity contribution in [3.63, 3.8) is 0 Å². The van der Waals surface area contributed by atoms with Crippen molar-refractivity contribution in [1.29, 1.82) is 0 Å². The molecular weight excluding hydrogens is 714 g/mol. The van der Waals surface area contributed by atoms with Crippen LogP contribution in [0.25, 0.3) is 0 Å². The summed E-state index contributed by atoms with van der Waals surface area (Å²) in [6, 6.07) is 13.8. The highest BCUT2D eigenvalue weighted by atomic mass is 16.5. The lowest BCUT2D eigenvalue weighted by atomic mass is 9.95. The van der Waals surface area contributed by atoms with E-state index < -0.39 is 65.9 Å². The molecule has 56 heavy (non-hydrogen) atoms. The first-order valence-corrected chi connectivity index (χ1v) is 19.7. The molecule has 0 spiro atoms. The predicted molar refractivity (Wildman–Crippen MR) is 216 cm³/mol. The van der Waals surface area contributed by atoms with E-state index in [4.69, 9.17) is 4.74 Å². The smallest absolute Gasteiger partial charge is 0.328 e. The van der Waals surface area contributed by atoms with E-state index in [0.717, 1.165) is 11.1 Å². The number of carbonyl (C=O) groups is 6. The Hall–Kier alpha value is -4.78. The van der Waals surface area contributed by atoms with E-state index in [-0.39, 0.29) is 61.7 Å². The monoisotopic (exact) mass is 779 g/mol. The Morgan fingerprint density at radius 3 is 1.59 bits per heavy atom. The summed E-state index contributed by atoms with van der Waals surface area (Å²) in [4.78, 5) is 79.4. The standard InChI is InChI=1S/C43H65N5O8/c1-26(2)22-33(45-37(51)23-27(3)4)40(52)47-38(28(5)6)42(54)46-32(24-30-16-12-10-13-17-30)35(49)20-21-36(50)44-34(25-31-18-14-11-15-19-31)41(53)48-39(29(7)8)43(55)56-9/h10-19,26-29,32-35,38-39,49H,20-25H2,1-9H3,(H,44,50)(H,45,51)(H,46,54)(H,47,52)(H,48,53)/t32-,33-,34-,35-,38?,39?/m0/s1. The van der Waals surface area contributed by atoms with Crippen LogP contribution in [-0.2, 0) is 46.3 Å². The van der Waals surface area contributed by atoms with Gasteiger partial charge in [-0.1, -0.05) is 116 Å². The van der Waals surface area contributed by atoms with Crippen LogP contribution in [0, 0.1) is 23.7 Å². The van der Waals surface area contributed by atoms with Gasteiger partial charge in [-0.2, -0.15) is 0 Å². The molecule has 5 amide bonds. The van der Waals surface area contributed by atoms with Crippen LogP contribution >= 0.6 is 0 Å². The van der Waals surface area contributed by atoms with Crippen LogP contribution in [0.3, 0.4) is 0 Å². The van der Waals surface area contributed by atoms with Gasteiger partial charge in [0.2, 0.25) is 29.5 Å². The van der Waals surface area contributed by atoms with Gasteiger partial charge >= 0.3 is 5.97 Å². The highest BCUT2D eigenvalue weighted by molar-refractivity contribution is 5.93. The van der Waals surface area contributed by atoms with Crippen LogP contribution in [0.1, 0.15) is 92.2 Å². The van der Waals surface area contributed by atoms with Gasteiger partial charge < -0.3 is 36.4 Å². The van der Waals surface area contributed by atoms with Gasteiger partial charge in [0, 0.05) is 19.3 Å². The first-order chi connectivity index (χ1) is 26.4. The molecule has 0 bridgehead atoms. The largest absolute Gasteiger partial charge is 0.467 e. The van der Waals surface area contributed by atoms with E-state index >= 15 is 0 Å². The van der Waals surface area contributed by atoms with Crippen molar-refractivity contribution < 1.29 is 38.6 Å². The molecule has 0 aromatic heterocycles. The second-order valence-corrected chi connectivity index (χ2v) is 16.1. The summed E-state index contributed by atoms with van der Waals surface area (Å²) in [5, 5.41) is 25.6. The van der Waals surface area contributed by atoms with Gasteiger partial charge in [-0.3, -0.25) is 24.0 Å². The highest BCUT2D eigenvalue weighted by Gasteiger charge is 2.33. The molecule has 0 saturated heterocycles. The number of amides is 5. The Morgan fingerprint density at radius 1 is 0.589 bits per heavy atom. The van der Waals surface area contributed by atoms with Crippen molar-refractivity contribution in [2.24, 2.45) is 23.7 Å². The number of carbonyl (C=O) groups excluding carboxylic acids is 6. The molecule has 0 radical (unpaired) electrons. The third-order valence-corrected chi connectivity index (χ3v) is 9.31. The molecular formula is C43H65N5O8. The quantitative estimate of drug-likeness (QED) is 0.0922. The van der Waals surface area contributed by atoms with Gasteiger partial charge in [0.1, 0.15) is 24.2 Å². The number of aliphatic hydroxyl groups excluding tert-OH is 1. The molecule has 0 aliphatic rings. The number of methoxy groups -OCH3 is 1. The molecule has 6 atom stereocenters. The average Bonchev–Trinajstić information content (AvgIpc) is 3.13. The molecule has 0 heterocycles. The Bertz CT molecular complexity index is 1550. The van der Waals surface area contributed by atoms with Crippen molar-refractivity contribution in [3.8, 4) is 0 Å². The van der Waals surface area contributed by atoms with Gasteiger partial charge in [-0.15, -0.1) is 0 Å². The maximum Gasteiger partial charge on any atom is 0.328 e. The minimum Gasteiger partial charge on any atom is -0.467 e. The van der Waals surface area contributed by atoms with Crippen molar-refractivity contribution in [2.75, 3.05) is 7.11 Å². The average molecular weight is 780 g/mol. The van der Waals surface area contributed by atoms with Gasteiger partial charge in [0.15, 0.2) is 0 Å². The van der Waals surface area contributed by atoms with Crippen LogP contribution < -0.4 is 26.6 Å². The summed E-state index contributed by atoms with van der Waals surface area (Å²) in [7, 11) is 1.24. The number of ether oxygens (including phenoxy) is 1. The number of esters is 1. The van der Waals surface area contributed by atoms with Crippen LogP contribution in [0.5, 0.6) is 0 Å². The van der Waals surface area contributed by atoms with E-state index in [9.17, 15) is 33.9 Å². The van der Waals surface area contributed by atoms with Crippen molar-refractivity contribution in [2.45, 2.75) is 130 Å². The lowest BCUT2D eigenvalue weighted by molar-refractivity contribution is -0.146. The molecule has 0 fully saturated rings.